The standard InChI is InChI=1S/C16H27N3O.2ClH/c1-4-5-13-19(3)15-9-7-14(8-10-15)16(20)18-12-6-11-17-2;;/h7-10,17H,4-6,11-13H2,1-3H3,(H,18,20);2*1H. The van der Waals surface area contributed by atoms with E-state index in [1.807, 2.05) is 31.3 Å². The van der Waals surface area contributed by atoms with Gasteiger partial charge in [-0.25, -0.2) is 0 Å². The molecule has 0 saturated carbocycles. The Kier molecular flexibility index (Phi) is 14.5. The van der Waals surface area contributed by atoms with Gasteiger partial charge in [0.05, 0.1) is 0 Å². The maximum atomic E-state index is 11.9. The molecule has 4 nitrogen and oxygen atoms in total. The Balaban J connectivity index is 0. The van der Waals surface area contributed by atoms with Gasteiger partial charge in [-0.15, -0.1) is 24.8 Å². The number of nitrogens with one attached hydrogen (secondary N) is 2. The van der Waals surface area contributed by atoms with Crippen molar-refractivity contribution in [3.05, 3.63) is 29.8 Å². The number of carbonyl (C=O) groups is 1. The summed E-state index contributed by atoms with van der Waals surface area (Å²) in [6, 6.07) is 7.81. The van der Waals surface area contributed by atoms with Gasteiger partial charge in [0.15, 0.2) is 0 Å². The molecule has 0 aromatic heterocycles. The zero-order chi connectivity index (χ0) is 14.8. The zero-order valence-corrected chi connectivity index (χ0v) is 15.4. The van der Waals surface area contributed by atoms with Crippen molar-refractivity contribution in [3.63, 3.8) is 0 Å². The molecule has 128 valence electrons. The van der Waals surface area contributed by atoms with Crippen molar-refractivity contribution in [2.75, 3.05) is 38.6 Å². The van der Waals surface area contributed by atoms with Gasteiger partial charge >= 0.3 is 0 Å². The van der Waals surface area contributed by atoms with Gasteiger partial charge in [-0.3, -0.25) is 4.79 Å². The zero-order valence-electron chi connectivity index (χ0n) is 13.7. The summed E-state index contributed by atoms with van der Waals surface area (Å²) >= 11 is 0. The highest BCUT2D eigenvalue weighted by Gasteiger charge is 2.06. The molecule has 1 aromatic rings. The number of amides is 1. The lowest BCUT2D eigenvalue weighted by molar-refractivity contribution is 0.0953. The Hall–Kier alpha value is -0.970. The molecular formula is C16H29Cl2N3O. The first-order valence-electron chi connectivity index (χ1n) is 7.43. The first-order valence-corrected chi connectivity index (χ1v) is 7.43. The summed E-state index contributed by atoms with van der Waals surface area (Å²) < 4.78 is 0. The van der Waals surface area contributed by atoms with Crippen LogP contribution in [0, 0.1) is 0 Å². The van der Waals surface area contributed by atoms with E-state index in [1.54, 1.807) is 0 Å². The van der Waals surface area contributed by atoms with Gasteiger partial charge in [-0.05, 0) is 50.7 Å². The molecule has 0 bridgehead atoms. The van der Waals surface area contributed by atoms with E-state index in [0.29, 0.717) is 6.54 Å². The minimum Gasteiger partial charge on any atom is -0.375 e. The third-order valence-corrected chi connectivity index (χ3v) is 3.31. The largest absolute Gasteiger partial charge is 0.375 e. The molecule has 0 spiro atoms. The summed E-state index contributed by atoms with van der Waals surface area (Å²) in [5.41, 5.74) is 1.88. The van der Waals surface area contributed by atoms with E-state index in [2.05, 4.69) is 29.5 Å². The van der Waals surface area contributed by atoms with Crippen LogP contribution in [-0.2, 0) is 0 Å². The Morgan fingerprint density at radius 1 is 1.09 bits per heavy atom. The van der Waals surface area contributed by atoms with Crippen molar-refractivity contribution >= 4 is 36.4 Å². The molecule has 0 radical (unpaired) electrons. The molecule has 0 aliphatic carbocycles. The van der Waals surface area contributed by atoms with E-state index in [0.717, 1.165) is 30.8 Å². The van der Waals surface area contributed by atoms with Crippen LogP contribution in [0.1, 0.15) is 36.5 Å². The number of anilines is 1. The summed E-state index contributed by atoms with van der Waals surface area (Å²) in [5, 5.41) is 5.99. The summed E-state index contributed by atoms with van der Waals surface area (Å²) in [4.78, 5) is 14.1. The molecule has 0 atom stereocenters. The summed E-state index contributed by atoms with van der Waals surface area (Å²) in [6.07, 6.45) is 3.32. The molecular weight excluding hydrogens is 321 g/mol. The van der Waals surface area contributed by atoms with E-state index in [9.17, 15) is 4.79 Å². The van der Waals surface area contributed by atoms with Crippen molar-refractivity contribution in [1.82, 2.24) is 10.6 Å². The van der Waals surface area contributed by atoms with Crippen molar-refractivity contribution in [1.29, 1.82) is 0 Å². The molecule has 1 amide bonds. The lowest BCUT2D eigenvalue weighted by Crippen LogP contribution is -2.26. The quantitative estimate of drug-likeness (QED) is 0.673. The predicted molar refractivity (Wildman–Crippen MR) is 100.0 cm³/mol. The van der Waals surface area contributed by atoms with E-state index in [-0.39, 0.29) is 30.7 Å². The highest BCUT2D eigenvalue weighted by atomic mass is 35.5. The number of nitrogens with zero attached hydrogens (tertiary/aromatic N) is 1. The molecule has 0 aliphatic heterocycles. The number of hydrogen-bond donors (Lipinski definition) is 2. The summed E-state index contributed by atoms with van der Waals surface area (Å²) in [7, 11) is 4.00. The Morgan fingerprint density at radius 2 is 1.73 bits per heavy atom. The van der Waals surface area contributed by atoms with Gasteiger partial charge < -0.3 is 15.5 Å². The van der Waals surface area contributed by atoms with Gasteiger partial charge in [-0.2, -0.15) is 0 Å². The van der Waals surface area contributed by atoms with Crippen LogP contribution in [0.25, 0.3) is 0 Å². The van der Waals surface area contributed by atoms with E-state index in [1.165, 1.54) is 12.8 Å². The molecule has 6 heteroatoms. The van der Waals surface area contributed by atoms with Crippen molar-refractivity contribution in [3.8, 4) is 0 Å². The molecule has 0 aliphatic rings. The molecule has 1 aromatic carbocycles. The first kappa shape index (κ1) is 23.3. The Morgan fingerprint density at radius 3 is 2.27 bits per heavy atom. The van der Waals surface area contributed by atoms with E-state index >= 15 is 0 Å². The van der Waals surface area contributed by atoms with Crippen molar-refractivity contribution in [2.45, 2.75) is 26.2 Å². The number of halogens is 2. The fourth-order valence-corrected chi connectivity index (χ4v) is 1.96. The third kappa shape index (κ3) is 8.47. The Bertz CT molecular complexity index is 399. The minimum atomic E-state index is 0. The van der Waals surface area contributed by atoms with Crippen molar-refractivity contribution < 1.29 is 4.79 Å². The molecule has 0 saturated heterocycles. The third-order valence-electron chi connectivity index (χ3n) is 3.31. The van der Waals surface area contributed by atoms with E-state index < -0.39 is 0 Å². The average Bonchev–Trinajstić information content (AvgIpc) is 2.49. The SMILES string of the molecule is CCCCN(C)c1ccc(C(=O)NCCCNC)cc1.Cl.Cl. The summed E-state index contributed by atoms with van der Waals surface area (Å²) in [5.74, 6) is 0.00358. The molecule has 22 heavy (non-hydrogen) atoms. The second-order valence-corrected chi connectivity index (χ2v) is 5.03. The maximum absolute atomic E-state index is 11.9. The average molecular weight is 350 g/mol. The highest BCUT2D eigenvalue weighted by Crippen LogP contribution is 2.14. The highest BCUT2D eigenvalue weighted by molar-refractivity contribution is 5.94. The van der Waals surface area contributed by atoms with Crippen LogP contribution in [0.15, 0.2) is 24.3 Å². The number of benzene rings is 1. The van der Waals surface area contributed by atoms with Crippen LogP contribution in [0.2, 0.25) is 0 Å². The molecule has 1 rings (SSSR count). The van der Waals surface area contributed by atoms with Crippen LogP contribution < -0.4 is 15.5 Å². The maximum Gasteiger partial charge on any atom is 0.251 e. The molecule has 0 fully saturated rings. The second kappa shape index (κ2) is 13.7. The number of rotatable bonds is 9. The van der Waals surface area contributed by atoms with Crippen LogP contribution >= 0.6 is 24.8 Å². The van der Waals surface area contributed by atoms with E-state index in [4.69, 9.17) is 0 Å². The molecule has 0 heterocycles. The topological polar surface area (TPSA) is 44.4 Å². The number of carbonyl (C=O) groups excluding carboxylic acids is 1. The second-order valence-electron chi connectivity index (χ2n) is 5.03. The monoisotopic (exact) mass is 349 g/mol. The Labute approximate surface area is 146 Å². The normalized spacial score (nSPS) is 9.41. The van der Waals surface area contributed by atoms with Crippen molar-refractivity contribution in [2.24, 2.45) is 0 Å². The van der Waals surface area contributed by atoms with Crippen LogP contribution in [-0.4, -0.2) is 39.6 Å². The van der Waals surface area contributed by atoms with Crippen LogP contribution in [0.4, 0.5) is 5.69 Å². The lowest BCUT2D eigenvalue weighted by Gasteiger charge is -2.19. The van der Waals surface area contributed by atoms with Gasteiger partial charge in [0, 0.05) is 31.4 Å². The lowest BCUT2D eigenvalue weighted by atomic mass is 10.1. The smallest absolute Gasteiger partial charge is 0.251 e. The molecule has 0 unspecified atom stereocenters. The van der Waals surface area contributed by atoms with Gasteiger partial charge in [0.2, 0.25) is 0 Å². The van der Waals surface area contributed by atoms with Gasteiger partial charge in [0.1, 0.15) is 0 Å². The number of unbranched alkanes of at least 4 members (excludes halogenated alkanes) is 1. The fourth-order valence-electron chi connectivity index (χ4n) is 1.96. The van der Waals surface area contributed by atoms with Gasteiger partial charge in [-0.1, -0.05) is 13.3 Å². The number of hydrogen-bond acceptors (Lipinski definition) is 3. The predicted octanol–water partition coefficient (Wildman–Crippen LogP) is 3.11. The van der Waals surface area contributed by atoms with Gasteiger partial charge in [0.25, 0.3) is 5.91 Å². The first-order chi connectivity index (χ1) is 9.69. The minimum absolute atomic E-state index is 0. The molecule has 2 N–H and O–H groups in total. The fraction of sp³-hybridized carbons (Fsp3) is 0.562. The van der Waals surface area contributed by atoms with Crippen LogP contribution in [0.5, 0.6) is 0 Å². The summed E-state index contributed by atoms with van der Waals surface area (Å²) in [6.45, 7) is 4.86. The van der Waals surface area contributed by atoms with Crippen LogP contribution in [0.3, 0.4) is 0 Å².